The first-order valence-electron chi connectivity index (χ1n) is 5.75. The van der Waals surface area contributed by atoms with Crippen LogP contribution < -0.4 is 0 Å². The molecule has 3 nitrogen and oxygen atoms in total. The summed E-state index contributed by atoms with van der Waals surface area (Å²) in [4.78, 5) is 0. The Hall–Kier alpha value is 0.200. The van der Waals surface area contributed by atoms with E-state index in [1.165, 1.54) is 30.0 Å². The molecule has 0 unspecified atom stereocenters. The van der Waals surface area contributed by atoms with E-state index < -0.39 is 9.24 Å². The second kappa shape index (κ2) is 3.34. The second-order valence-corrected chi connectivity index (χ2v) is 7.77. The summed E-state index contributed by atoms with van der Waals surface area (Å²) in [6.45, 7) is 1.36. The zero-order chi connectivity index (χ0) is 10.6. The van der Waals surface area contributed by atoms with Gasteiger partial charge in [0.1, 0.15) is 0 Å². The molecule has 4 aliphatic rings. The van der Waals surface area contributed by atoms with E-state index in [1.807, 2.05) is 0 Å². The first kappa shape index (κ1) is 10.4. The number of hydrogen-bond donors (Lipinski definition) is 0. The van der Waals surface area contributed by atoms with Gasteiger partial charge in [0.2, 0.25) is 0 Å². The highest BCUT2D eigenvalue weighted by atomic mass is 35.7. The van der Waals surface area contributed by atoms with Crippen LogP contribution in [0.2, 0.25) is 0 Å². The molecule has 0 spiro atoms. The molecule has 86 valence electrons. The van der Waals surface area contributed by atoms with Crippen LogP contribution in [-0.4, -0.2) is 25.8 Å². The van der Waals surface area contributed by atoms with Crippen LogP contribution in [0.4, 0.5) is 0 Å². The van der Waals surface area contributed by atoms with Gasteiger partial charge in [-0.1, -0.05) is 0 Å². The Morgan fingerprint density at radius 1 is 0.933 bits per heavy atom. The van der Waals surface area contributed by atoms with Crippen LogP contribution in [0.15, 0.2) is 0 Å². The number of rotatable bonds is 1. The van der Waals surface area contributed by atoms with Gasteiger partial charge in [-0.3, -0.25) is 0 Å². The molecule has 2 atom stereocenters. The second-order valence-electron chi connectivity index (χ2n) is 5.26. The lowest BCUT2D eigenvalue weighted by Crippen LogP contribution is -2.38. The minimum absolute atomic E-state index is 0.603. The summed E-state index contributed by atoms with van der Waals surface area (Å²) in [6.07, 6.45) is 5.23. The number of halogens is 1. The molecule has 0 N–H and O–H groups in total. The third kappa shape index (κ3) is 1.61. The van der Waals surface area contributed by atoms with Gasteiger partial charge in [-0.15, -0.1) is 0 Å². The summed E-state index contributed by atoms with van der Waals surface area (Å²) in [5.74, 6) is 2.74. The van der Waals surface area contributed by atoms with Crippen LogP contribution >= 0.6 is 10.7 Å². The fourth-order valence-electron chi connectivity index (χ4n) is 3.99. The van der Waals surface area contributed by atoms with E-state index in [1.54, 1.807) is 0 Å². The maximum atomic E-state index is 11.3. The molecule has 5 heteroatoms. The van der Waals surface area contributed by atoms with Crippen molar-refractivity contribution in [3.63, 3.8) is 0 Å². The van der Waals surface area contributed by atoms with Gasteiger partial charge in [-0.05, 0) is 49.4 Å². The number of nitrogens with zero attached hydrogens (tertiary/aromatic N) is 1. The van der Waals surface area contributed by atoms with Crippen molar-refractivity contribution in [2.24, 2.45) is 23.7 Å². The standard InChI is InChI=1S/C10H16ClNO2S/c11-15(13,14)12-5-9-7-1-2-8(4-3-7)10(9)6-12/h7-10H,1-6H2/t7?,8?,9-,10+. The molecule has 4 fully saturated rings. The van der Waals surface area contributed by atoms with Gasteiger partial charge in [-0.2, -0.15) is 12.7 Å². The molecule has 1 saturated heterocycles. The van der Waals surface area contributed by atoms with Crippen molar-refractivity contribution < 1.29 is 8.42 Å². The lowest BCUT2D eigenvalue weighted by molar-refractivity contribution is 0.0577. The molecule has 15 heavy (non-hydrogen) atoms. The highest BCUT2D eigenvalue weighted by molar-refractivity contribution is 8.11. The molecule has 0 aromatic rings. The Bertz CT molecular complexity index is 342. The quantitative estimate of drug-likeness (QED) is 0.665. The molecule has 0 amide bonds. The molecular weight excluding hydrogens is 234 g/mol. The third-order valence-electron chi connectivity index (χ3n) is 4.71. The predicted molar refractivity (Wildman–Crippen MR) is 58.8 cm³/mol. The molecular formula is C10H16ClNO2S. The summed E-state index contributed by atoms with van der Waals surface area (Å²) in [5, 5.41) is 0. The van der Waals surface area contributed by atoms with Gasteiger partial charge < -0.3 is 0 Å². The van der Waals surface area contributed by atoms with Gasteiger partial charge in [0.05, 0.1) is 0 Å². The summed E-state index contributed by atoms with van der Waals surface area (Å²) in [7, 11) is 1.94. The Morgan fingerprint density at radius 3 is 1.67 bits per heavy atom. The van der Waals surface area contributed by atoms with E-state index in [4.69, 9.17) is 10.7 Å². The smallest absolute Gasteiger partial charge is 0.195 e. The van der Waals surface area contributed by atoms with Crippen molar-refractivity contribution in [3.05, 3.63) is 0 Å². The van der Waals surface area contributed by atoms with Crippen LogP contribution in [0.1, 0.15) is 25.7 Å². The van der Waals surface area contributed by atoms with E-state index in [-0.39, 0.29) is 0 Å². The maximum absolute atomic E-state index is 11.3. The highest BCUT2D eigenvalue weighted by Gasteiger charge is 2.50. The van der Waals surface area contributed by atoms with Crippen LogP contribution in [0.3, 0.4) is 0 Å². The average molecular weight is 250 g/mol. The fourth-order valence-corrected chi connectivity index (χ4v) is 5.03. The molecule has 1 aliphatic heterocycles. The topological polar surface area (TPSA) is 37.4 Å². The van der Waals surface area contributed by atoms with E-state index in [0.29, 0.717) is 24.9 Å². The predicted octanol–water partition coefficient (Wildman–Crippen LogP) is 1.84. The Labute approximate surface area is 95.3 Å². The van der Waals surface area contributed by atoms with Crippen molar-refractivity contribution in [3.8, 4) is 0 Å². The lowest BCUT2D eigenvalue weighted by Gasteiger charge is -2.45. The van der Waals surface area contributed by atoms with E-state index in [0.717, 1.165) is 11.8 Å². The van der Waals surface area contributed by atoms with Gasteiger partial charge in [0, 0.05) is 23.8 Å². The minimum atomic E-state index is -3.47. The Morgan fingerprint density at radius 2 is 1.33 bits per heavy atom. The van der Waals surface area contributed by atoms with E-state index in [2.05, 4.69) is 0 Å². The van der Waals surface area contributed by atoms with Gasteiger partial charge in [-0.25, -0.2) is 0 Å². The van der Waals surface area contributed by atoms with E-state index >= 15 is 0 Å². The fraction of sp³-hybridized carbons (Fsp3) is 1.00. The lowest BCUT2D eigenvalue weighted by atomic mass is 9.60. The highest BCUT2D eigenvalue weighted by Crippen LogP contribution is 2.52. The summed E-state index contributed by atoms with van der Waals surface area (Å²) >= 11 is 0. The van der Waals surface area contributed by atoms with Crippen molar-refractivity contribution in [2.45, 2.75) is 25.7 Å². The summed E-state index contributed by atoms with van der Waals surface area (Å²) in [5.41, 5.74) is 0. The molecule has 1 heterocycles. The molecule has 0 aromatic carbocycles. The zero-order valence-electron chi connectivity index (χ0n) is 8.60. The molecule has 3 saturated carbocycles. The Kier molecular flexibility index (Phi) is 2.31. The molecule has 2 bridgehead atoms. The van der Waals surface area contributed by atoms with Crippen molar-refractivity contribution in [2.75, 3.05) is 13.1 Å². The zero-order valence-corrected chi connectivity index (χ0v) is 10.2. The number of fused-ring (bicyclic) bond motifs is 2. The third-order valence-corrected chi connectivity index (χ3v) is 6.22. The first-order valence-corrected chi connectivity index (χ1v) is 8.02. The normalized spacial score (nSPS) is 45.7. The van der Waals surface area contributed by atoms with Crippen LogP contribution in [0.5, 0.6) is 0 Å². The maximum Gasteiger partial charge on any atom is 0.299 e. The van der Waals surface area contributed by atoms with Crippen LogP contribution in [0, 0.1) is 23.7 Å². The SMILES string of the molecule is O=S(=O)(Cl)N1C[C@@H]2C3CCC(CC3)[C@@H]2C1. The van der Waals surface area contributed by atoms with Crippen molar-refractivity contribution >= 4 is 19.9 Å². The van der Waals surface area contributed by atoms with E-state index in [9.17, 15) is 8.42 Å². The van der Waals surface area contributed by atoms with Crippen molar-refractivity contribution in [1.29, 1.82) is 0 Å². The monoisotopic (exact) mass is 249 g/mol. The molecule has 0 aromatic heterocycles. The van der Waals surface area contributed by atoms with Crippen molar-refractivity contribution in [1.82, 2.24) is 4.31 Å². The summed E-state index contributed by atoms with van der Waals surface area (Å²) < 4.78 is 24.1. The average Bonchev–Trinajstić information content (AvgIpc) is 2.64. The van der Waals surface area contributed by atoms with Crippen LogP contribution in [-0.2, 0) is 9.24 Å². The van der Waals surface area contributed by atoms with Gasteiger partial charge in [0.25, 0.3) is 9.24 Å². The number of hydrogen-bond acceptors (Lipinski definition) is 2. The molecule has 4 rings (SSSR count). The largest absolute Gasteiger partial charge is 0.299 e. The van der Waals surface area contributed by atoms with Crippen LogP contribution in [0.25, 0.3) is 0 Å². The summed E-state index contributed by atoms with van der Waals surface area (Å²) in [6, 6.07) is 0. The van der Waals surface area contributed by atoms with Gasteiger partial charge >= 0.3 is 0 Å². The molecule has 3 aliphatic carbocycles. The minimum Gasteiger partial charge on any atom is -0.195 e. The molecule has 0 radical (unpaired) electrons. The van der Waals surface area contributed by atoms with Gasteiger partial charge in [0.15, 0.2) is 0 Å². The Balaban J connectivity index is 1.85. The first-order chi connectivity index (χ1) is 7.05.